The van der Waals surface area contributed by atoms with E-state index in [1.165, 1.54) is 0 Å². The van der Waals surface area contributed by atoms with E-state index in [0.717, 1.165) is 12.1 Å². The van der Waals surface area contributed by atoms with Crippen LogP contribution in [0.25, 0.3) is 0 Å². The van der Waals surface area contributed by atoms with E-state index >= 15 is 0 Å². The smallest absolute Gasteiger partial charge is 0.138 e. The molecule has 0 unspecified atom stereocenters. The zero-order chi connectivity index (χ0) is 14.1. The van der Waals surface area contributed by atoms with Crippen molar-refractivity contribution < 1.29 is 14.6 Å². The summed E-state index contributed by atoms with van der Waals surface area (Å²) in [5.74, 6) is 0.688. The molecule has 0 heterocycles. The molecule has 1 aromatic carbocycles. The lowest BCUT2D eigenvalue weighted by Gasteiger charge is -2.15. The summed E-state index contributed by atoms with van der Waals surface area (Å²) in [6.45, 7) is 5.25. The van der Waals surface area contributed by atoms with Crippen LogP contribution in [0.4, 0.5) is 0 Å². The largest absolute Gasteiger partial charge is 0.490 e. The molecule has 0 saturated carbocycles. The number of aliphatic hydroxyl groups is 1. The number of nitrogens with zero attached hydrogens (tertiary/aromatic N) is 1. The Kier molecular flexibility index (Phi) is 7.82. The van der Waals surface area contributed by atoms with Gasteiger partial charge in [0.1, 0.15) is 12.4 Å². The number of halogens is 1. The van der Waals surface area contributed by atoms with Gasteiger partial charge in [0.15, 0.2) is 0 Å². The molecule has 0 aliphatic rings. The van der Waals surface area contributed by atoms with Crippen molar-refractivity contribution in [1.82, 2.24) is 4.90 Å². The Morgan fingerprint density at radius 3 is 2.68 bits per heavy atom. The first-order chi connectivity index (χ1) is 9.13. The fourth-order valence-electron chi connectivity index (χ4n) is 1.54. The number of aliphatic hydroxyl groups excluding tert-OH is 1. The maximum absolute atomic E-state index is 8.73. The van der Waals surface area contributed by atoms with Crippen LogP contribution in [-0.4, -0.2) is 56.6 Å². The Morgan fingerprint density at radius 1 is 1.21 bits per heavy atom. The van der Waals surface area contributed by atoms with E-state index < -0.39 is 0 Å². The summed E-state index contributed by atoms with van der Waals surface area (Å²) < 4.78 is 11.0. The molecular weight excluding hydrogens is 266 g/mol. The molecule has 1 rings (SSSR count). The predicted octanol–water partition coefficient (Wildman–Crippen LogP) is 1.97. The van der Waals surface area contributed by atoms with E-state index in [1.807, 2.05) is 37.1 Å². The molecule has 0 aliphatic carbocycles. The number of hydrogen-bond acceptors (Lipinski definition) is 4. The van der Waals surface area contributed by atoms with E-state index in [2.05, 4.69) is 0 Å². The highest BCUT2D eigenvalue weighted by Crippen LogP contribution is 2.24. The van der Waals surface area contributed by atoms with Crippen molar-refractivity contribution in [3.05, 3.63) is 28.8 Å². The highest BCUT2D eigenvalue weighted by atomic mass is 35.5. The maximum Gasteiger partial charge on any atom is 0.138 e. The normalized spacial score (nSPS) is 11.0. The Labute approximate surface area is 119 Å². The van der Waals surface area contributed by atoms with E-state index in [0.29, 0.717) is 37.1 Å². The molecule has 5 heteroatoms. The van der Waals surface area contributed by atoms with E-state index in [4.69, 9.17) is 26.2 Å². The van der Waals surface area contributed by atoms with Gasteiger partial charge >= 0.3 is 0 Å². The van der Waals surface area contributed by atoms with Crippen LogP contribution in [-0.2, 0) is 4.74 Å². The molecular formula is C14H22ClNO3. The maximum atomic E-state index is 8.73. The second kappa shape index (κ2) is 9.15. The fraction of sp³-hybridized carbons (Fsp3) is 0.571. The number of hydrogen-bond donors (Lipinski definition) is 1. The fourth-order valence-corrected chi connectivity index (χ4v) is 1.83. The van der Waals surface area contributed by atoms with Gasteiger partial charge in [0.25, 0.3) is 0 Å². The van der Waals surface area contributed by atoms with E-state index in [9.17, 15) is 0 Å². The summed E-state index contributed by atoms with van der Waals surface area (Å²) in [5, 5.41) is 9.36. The zero-order valence-corrected chi connectivity index (χ0v) is 12.3. The summed E-state index contributed by atoms with van der Waals surface area (Å²) in [5.41, 5.74) is 1.11. The molecule has 1 aromatic rings. The van der Waals surface area contributed by atoms with Gasteiger partial charge in [-0.05, 0) is 31.7 Å². The van der Waals surface area contributed by atoms with E-state index in [-0.39, 0.29) is 6.61 Å². The molecule has 0 amide bonds. The third-order valence-electron chi connectivity index (χ3n) is 2.67. The number of benzene rings is 1. The molecule has 0 aliphatic heterocycles. The van der Waals surface area contributed by atoms with Gasteiger partial charge in [-0.2, -0.15) is 0 Å². The van der Waals surface area contributed by atoms with Crippen molar-refractivity contribution >= 4 is 11.6 Å². The van der Waals surface area contributed by atoms with Gasteiger partial charge in [-0.3, -0.25) is 0 Å². The first kappa shape index (κ1) is 16.2. The molecule has 19 heavy (non-hydrogen) atoms. The monoisotopic (exact) mass is 287 g/mol. The Balaban J connectivity index is 2.11. The van der Waals surface area contributed by atoms with Crippen molar-refractivity contribution in [3.63, 3.8) is 0 Å². The van der Waals surface area contributed by atoms with Crippen LogP contribution in [0.3, 0.4) is 0 Å². The third-order valence-corrected chi connectivity index (χ3v) is 2.97. The van der Waals surface area contributed by atoms with Gasteiger partial charge in [-0.15, -0.1) is 0 Å². The predicted molar refractivity (Wildman–Crippen MR) is 77.1 cm³/mol. The highest BCUT2D eigenvalue weighted by molar-refractivity contribution is 6.32. The topological polar surface area (TPSA) is 41.9 Å². The molecule has 0 spiro atoms. The van der Waals surface area contributed by atoms with Gasteiger partial charge in [-0.25, -0.2) is 0 Å². The first-order valence-electron chi connectivity index (χ1n) is 6.39. The van der Waals surface area contributed by atoms with Crippen molar-refractivity contribution in [1.29, 1.82) is 0 Å². The number of aryl methyl sites for hydroxylation is 1. The first-order valence-corrected chi connectivity index (χ1v) is 6.77. The molecule has 0 atom stereocenters. The van der Waals surface area contributed by atoms with Crippen LogP contribution in [0.1, 0.15) is 5.56 Å². The van der Waals surface area contributed by atoms with Crippen LogP contribution in [0.2, 0.25) is 5.02 Å². The number of ether oxygens (including phenoxy) is 2. The molecule has 0 aromatic heterocycles. The van der Waals surface area contributed by atoms with Crippen LogP contribution in [0.5, 0.6) is 5.75 Å². The molecule has 0 bridgehead atoms. The molecule has 4 nitrogen and oxygen atoms in total. The second-order valence-electron chi connectivity index (χ2n) is 4.42. The second-order valence-corrected chi connectivity index (χ2v) is 4.83. The summed E-state index contributed by atoms with van der Waals surface area (Å²) >= 11 is 6.05. The minimum atomic E-state index is 0.172. The molecule has 108 valence electrons. The van der Waals surface area contributed by atoms with Gasteiger partial charge in [0.05, 0.1) is 24.8 Å². The minimum Gasteiger partial charge on any atom is -0.490 e. The average molecular weight is 288 g/mol. The Hall–Kier alpha value is -0.810. The average Bonchev–Trinajstić information content (AvgIpc) is 2.36. The summed E-state index contributed by atoms with van der Waals surface area (Å²) in [6.07, 6.45) is 0. The lowest BCUT2D eigenvalue weighted by molar-refractivity contribution is 0.0813. The standard InChI is InChI=1S/C14H22ClNO3/c1-12-3-4-14(13(15)11-12)19-10-9-18-8-6-16(2)5-7-17/h3-4,11,17H,5-10H2,1-2H3. The van der Waals surface area contributed by atoms with Crippen molar-refractivity contribution in [2.24, 2.45) is 0 Å². The van der Waals surface area contributed by atoms with Gasteiger partial charge < -0.3 is 19.5 Å². The molecule has 0 radical (unpaired) electrons. The zero-order valence-electron chi connectivity index (χ0n) is 11.6. The minimum absolute atomic E-state index is 0.172. The van der Waals surface area contributed by atoms with Crippen LogP contribution >= 0.6 is 11.6 Å². The van der Waals surface area contributed by atoms with Gasteiger partial charge in [0, 0.05) is 13.1 Å². The lowest BCUT2D eigenvalue weighted by atomic mass is 10.2. The summed E-state index contributed by atoms with van der Waals surface area (Å²) in [4.78, 5) is 2.01. The van der Waals surface area contributed by atoms with Crippen molar-refractivity contribution in [3.8, 4) is 5.75 Å². The Morgan fingerprint density at radius 2 is 2.00 bits per heavy atom. The highest BCUT2D eigenvalue weighted by Gasteiger charge is 2.01. The van der Waals surface area contributed by atoms with Crippen molar-refractivity contribution in [2.75, 3.05) is 46.6 Å². The van der Waals surface area contributed by atoms with Crippen LogP contribution < -0.4 is 4.74 Å². The third kappa shape index (κ3) is 6.78. The van der Waals surface area contributed by atoms with Gasteiger partial charge in [0.2, 0.25) is 0 Å². The summed E-state index contributed by atoms with van der Waals surface area (Å²) in [6, 6.07) is 5.71. The SMILES string of the molecule is Cc1ccc(OCCOCCN(C)CCO)c(Cl)c1. The van der Waals surface area contributed by atoms with Crippen LogP contribution in [0, 0.1) is 6.92 Å². The molecule has 1 N–H and O–H groups in total. The van der Waals surface area contributed by atoms with Crippen LogP contribution in [0.15, 0.2) is 18.2 Å². The van der Waals surface area contributed by atoms with Crippen molar-refractivity contribution in [2.45, 2.75) is 6.92 Å². The number of rotatable bonds is 9. The van der Waals surface area contributed by atoms with E-state index in [1.54, 1.807) is 0 Å². The molecule has 0 saturated heterocycles. The summed E-state index contributed by atoms with van der Waals surface area (Å²) in [7, 11) is 1.95. The Bertz CT molecular complexity index is 374. The lowest BCUT2D eigenvalue weighted by Crippen LogP contribution is -2.26. The molecule has 0 fully saturated rings. The quantitative estimate of drug-likeness (QED) is 0.705. The number of likely N-dealkylation sites (N-methyl/N-ethyl adjacent to an activating group) is 1. The van der Waals surface area contributed by atoms with Gasteiger partial charge in [-0.1, -0.05) is 17.7 Å².